The Morgan fingerprint density at radius 1 is 1.10 bits per heavy atom. The minimum absolute atomic E-state index is 0.0594. The first-order chi connectivity index (χ1) is 15.0. The number of methoxy groups -OCH3 is 3. The molecule has 2 aromatic rings. The van der Waals surface area contributed by atoms with Crippen LogP contribution in [0.15, 0.2) is 42.5 Å². The SMILES string of the molecule is COc1cc(/C=C/C(=O)N2CCC3(CC(=O)c4ccccc4O3)C2)cc(OC)c1OC. The summed E-state index contributed by atoms with van der Waals surface area (Å²) >= 11 is 0. The van der Waals surface area contributed by atoms with Crippen molar-refractivity contribution in [1.29, 1.82) is 0 Å². The Balaban J connectivity index is 1.48. The second kappa shape index (κ2) is 8.34. The molecule has 1 saturated heterocycles. The number of ether oxygens (including phenoxy) is 4. The standard InChI is InChI=1S/C24H25NO6/c1-28-20-12-16(13-21(29-2)23(20)30-3)8-9-22(27)25-11-10-24(15-25)14-18(26)17-6-4-5-7-19(17)31-24/h4-9,12-13H,10-11,14-15H2,1-3H3/b9-8+. The predicted octanol–water partition coefficient (Wildman–Crippen LogP) is 3.36. The Hall–Kier alpha value is -3.48. The molecule has 1 amide bonds. The lowest BCUT2D eigenvalue weighted by Crippen LogP contribution is -2.45. The molecule has 31 heavy (non-hydrogen) atoms. The summed E-state index contributed by atoms with van der Waals surface area (Å²) in [5.41, 5.74) is 0.705. The number of likely N-dealkylation sites (tertiary alicyclic amines) is 1. The van der Waals surface area contributed by atoms with Crippen molar-refractivity contribution in [3.63, 3.8) is 0 Å². The molecule has 1 atom stereocenters. The second-order valence-corrected chi connectivity index (χ2v) is 7.68. The van der Waals surface area contributed by atoms with Crippen molar-refractivity contribution in [3.05, 3.63) is 53.6 Å². The van der Waals surface area contributed by atoms with Gasteiger partial charge in [-0.1, -0.05) is 12.1 Å². The lowest BCUT2D eigenvalue weighted by atomic mass is 9.89. The molecule has 7 heteroatoms. The van der Waals surface area contributed by atoms with E-state index in [4.69, 9.17) is 18.9 Å². The van der Waals surface area contributed by atoms with Crippen molar-refractivity contribution >= 4 is 17.8 Å². The van der Waals surface area contributed by atoms with E-state index in [1.807, 2.05) is 18.2 Å². The van der Waals surface area contributed by atoms with Crippen molar-refractivity contribution in [2.45, 2.75) is 18.4 Å². The van der Waals surface area contributed by atoms with E-state index in [2.05, 4.69) is 0 Å². The Bertz CT molecular complexity index is 1020. The van der Waals surface area contributed by atoms with Crippen LogP contribution in [0.3, 0.4) is 0 Å². The molecule has 2 aliphatic rings. The Labute approximate surface area is 181 Å². The van der Waals surface area contributed by atoms with E-state index in [0.717, 1.165) is 5.56 Å². The summed E-state index contributed by atoms with van der Waals surface area (Å²) in [5.74, 6) is 2.05. The fraction of sp³-hybridized carbons (Fsp3) is 0.333. The van der Waals surface area contributed by atoms with Crippen LogP contribution in [0, 0.1) is 0 Å². The molecule has 2 aromatic carbocycles. The van der Waals surface area contributed by atoms with Crippen molar-refractivity contribution in [3.8, 4) is 23.0 Å². The van der Waals surface area contributed by atoms with Crippen LogP contribution in [0.2, 0.25) is 0 Å². The van der Waals surface area contributed by atoms with Crippen LogP contribution in [0.4, 0.5) is 0 Å². The number of amides is 1. The molecule has 2 heterocycles. The van der Waals surface area contributed by atoms with Crippen molar-refractivity contribution in [1.82, 2.24) is 4.90 Å². The highest BCUT2D eigenvalue weighted by Crippen LogP contribution is 2.40. The number of hydrogen-bond acceptors (Lipinski definition) is 6. The maximum absolute atomic E-state index is 12.8. The summed E-state index contributed by atoms with van der Waals surface area (Å²) in [6.07, 6.45) is 4.12. The Kier molecular flexibility index (Phi) is 5.59. The molecular formula is C24H25NO6. The lowest BCUT2D eigenvalue weighted by Gasteiger charge is -2.34. The van der Waals surface area contributed by atoms with Crippen LogP contribution < -0.4 is 18.9 Å². The average Bonchev–Trinajstić information content (AvgIpc) is 3.19. The highest BCUT2D eigenvalue weighted by atomic mass is 16.5. The number of hydrogen-bond donors (Lipinski definition) is 0. The predicted molar refractivity (Wildman–Crippen MR) is 115 cm³/mol. The van der Waals surface area contributed by atoms with E-state index in [1.54, 1.807) is 50.5 Å². The quantitative estimate of drug-likeness (QED) is 0.687. The maximum Gasteiger partial charge on any atom is 0.246 e. The van der Waals surface area contributed by atoms with Crippen molar-refractivity contribution < 1.29 is 28.5 Å². The van der Waals surface area contributed by atoms with Gasteiger partial charge in [0.25, 0.3) is 0 Å². The van der Waals surface area contributed by atoms with E-state index in [1.165, 1.54) is 6.08 Å². The van der Waals surface area contributed by atoms with Crippen molar-refractivity contribution in [2.75, 3.05) is 34.4 Å². The molecule has 0 bridgehead atoms. The monoisotopic (exact) mass is 423 g/mol. The average molecular weight is 423 g/mol. The van der Waals surface area contributed by atoms with Gasteiger partial charge in [-0.05, 0) is 35.9 Å². The zero-order valence-corrected chi connectivity index (χ0v) is 17.8. The first-order valence-electron chi connectivity index (χ1n) is 10.1. The van der Waals surface area contributed by atoms with Gasteiger partial charge in [0.2, 0.25) is 11.7 Å². The number of rotatable bonds is 5. The van der Waals surface area contributed by atoms with E-state index < -0.39 is 5.60 Å². The molecule has 1 unspecified atom stereocenters. The fourth-order valence-electron chi connectivity index (χ4n) is 4.17. The van der Waals surface area contributed by atoms with Crippen LogP contribution in [-0.4, -0.2) is 56.6 Å². The van der Waals surface area contributed by atoms with E-state index in [-0.39, 0.29) is 18.1 Å². The van der Waals surface area contributed by atoms with Crippen LogP contribution >= 0.6 is 0 Å². The summed E-state index contributed by atoms with van der Waals surface area (Å²) in [7, 11) is 4.63. The van der Waals surface area contributed by atoms with Gasteiger partial charge in [0.05, 0.1) is 39.9 Å². The molecule has 0 saturated carbocycles. The van der Waals surface area contributed by atoms with Gasteiger partial charge in [-0.25, -0.2) is 0 Å². The first kappa shape index (κ1) is 20.8. The number of carbonyl (C=O) groups is 2. The number of nitrogens with zero attached hydrogens (tertiary/aromatic N) is 1. The number of Topliss-reactive ketones (excluding diaryl/α,β-unsaturated/α-hetero) is 1. The highest BCUT2D eigenvalue weighted by Gasteiger charge is 2.46. The van der Waals surface area contributed by atoms with Crippen LogP contribution in [0.25, 0.3) is 6.08 Å². The minimum atomic E-state index is -0.651. The molecule has 162 valence electrons. The zero-order valence-electron chi connectivity index (χ0n) is 17.8. The second-order valence-electron chi connectivity index (χ2n) is 7.68. The van der Waals surface area contributed by atoms with Crippen LogP contribution in [0.1, 0.15) is 28.8 Å². The summed E-state index contributed by atoms with van der Waals surface area (Å²) in [5, 5.41) is 0. The van der Waals surface area contributed by atoms with Gasteiger partial charge in [0, 0.05) is 19.0 Å². The third-order valence-electron chi connectivity index (χ3n) is 5.73. The number of carbonyl (C=O) groups excluding carboxylic acids is 2. The largest absolute Gasteiger partial charge is 0.493 e. The van der Waals surface area contributed by atoms with Crippen LogP contribution in [0.5, 0.6) is 23.0 Å². The number of fused-ring (bicyclic) bond motifs is 1. The molecule has 1 spiro atoms. The van der Waals surface area contributed by atoms with Crippen molar-refractivity contribution in [2.24, 2.45) is 0 Å². The van der Waals surface area contributed by atoms with E-state index in [9.17, 15) is 9.59 Å². The molecule has 0 aliphatic carbocycles. The smallest absolute Gasteiger partial charge is 0.246 e. The van der Waals surface area contributed by atoms with E-state index >= 15 is 0 Å². The minimum Gasteiger partial charge on any atom is -0.493 e. The van der Waals surface area contributed by atoms with E-state index in [0.29, 0.717) is 48.1 Å². The highest BCUT2D eigenvalue weighted by molar-refractivity contribution is 6.00. The normalized spacial score (nSPS) is 20.0. The Morgan fingerprint density at radius 3 is 2.48 bits per heavy atom. The van der Waals surface area contributed by atoms with Gasteiger partial charge in [0.15, 0.2) is 17.3 Å². The summed E-state index contributed by atoms with van der Waals surface area (Å²) in [6.45, 7) is 0.916. The third kappa shape index (κ3) is 3.95. The molecule has 1 fully saturated rings. The van der Waals surface area contributed by atoms with Gasteiger partial charge in [-0.3, -0.25) is 9.59 Å². The summed E-state index contributed by atoms with van der Waals surface area (Å²) < 4.78 is 22.2. The first-order valence-corrected chi connectivity index (χ1v) is 10.1. The Morgan fingerprint density at radius 2 is 1.81 bits per heavy atom. The molecule has 0 aromatic heterocycles. The number of para-hydroxylation sites is 1. The van der Waals surface area contributed by atoms with Gasteiger partial charge < -0.3 is 23.8 Å². The molecule has 2 aliphatic heterocycles. The molecule has 4 rings (SSSR count). The molecule has 0 N–H and O–H groups in total. The zero-order chi connectivity index (χ0) is 22.0. The van der Waals surface area contributed by atoms with Gasteiger partial charge in [0.1, 0.15) is 11.4 Å². The summed E-state index contributed by atoms with van der Waals surface area (Å²) in [6, 6.07) is 10.8. The number of ketones is 1. The maximum atomic E-state index is 12.8. The fourth-order valence-corrected chi connectivity index (χ4v) is 4.17. The van der Waals surface area contributed by atoms with Gasteiger partial charge >= 0.3 is 0 Å². The lowest BCUT2D eigenvalue weighted by molar-refractivity contribution is -0.125. The molecule has 7 nitrogen and oxygen atoms in total. The number of benzene rings is 2. The summed E-state index contributed by atoms with van der Waals surface area (Å²) in [4.78, 5) is 27.1. The van der Waals surface area contributed by atoms with Gasteiger partial charge in [-0.15, -0.1) is 0 Å². The molecular weight excluding hydrogens is 398 g/mol. The topological polar surface area (TPSA) is 74.3 Å². The van der Waals surface area contributed by atoms with Crippen LogP contribution in [-0.2, 0) is 4.79 Å². The van der Waals surface area contributed by atoms with Gasteiger partial charge in [-0.2, -0.15) is 0 Å². The third-order valence-corrected chi connectivity index (χ3v) is 5.73. The molecule has 0 radical (unpaired) electrons.